The average molecular weight is 260 g/mol. The minimum absolute atomic E-state index is 0.0776. The van der Waals surface area contributed by atoms with Gasteiger partial charge in [0.2, 0.25) is 0 Å². The minimum atomic E-state index is -0.363. The number of ketones is 1. The number of carbonyl (C=O) groups is 1. The summed E-state index contributed by atoms with van der Waals surface area (Å²) in [7, 11) is 0. The fourth-order valence-corrected chi connectivity index (χ4v) is 2.82. The Hall–Kier alpha value is -1.81. The second-order valence-electron chi connectivity index (χ2n) is 5.19. The maximum atomic E-state index is 12.5. The van der Waals surface area contributed by atoms with E-state index < -0.39 is 0 Å². The number of fused-ring (bicyclic) bond motifs is 1. The molecule has 100 valence electrons. The number of hydrogen-bond donors (Lipinski definition) is 2. The zero-order valence-corrected chi connectivity index (χ0v) is 10.5. The molecule has 1 saturated carbocycles. The molecule has 1 heterocycles. The molecule has 2 aliphatic rings. The summed E-state index contributed by atoms with van der Waals surface area (Å²) in [5.74, 6) is 0.0956. The zero-order valence-electron chi connectivity index (χ0n) is 10.5. The van der Waals surface area contributed by atoms with E-state index >= 15 is 0 Å². The van der Waals surface area contributed by atoms with Crippen molar-refractivity contribution < 1.29 is 19.7 Å². The van der Waals surface area contributed by atoms with E-state index in [2.05, 4.69) is 0 Å². The van der Waals surface area contributed by atoms with Gasteiger partial charge in [0.15, 0.2) is 5.78 Å². The van der Waals surface area contributed by atoms with Crippen LogP contribution in [0.2, 0.25) is 0 Å². The third kappa shape index (κ3) is 2.24. The lowest BCUT2D eigenvalue weighted by molar-refractivity contribution is -0.126. The number of phenolic OH excluding ortho intramolecular Hbond substituents is 1. The van der Waals surface area contributed by atoms with Gasteiger partial charge in [-0.25, -0.2) is 0 Å². The second-order valence-corrected chi connectivity index (χ2v) is 5.19. The standard InChI is InChI=1S/C15H16O4/c16-10-3-1-9(2-4-10)13-8-19-14-7-11(17)5-6-12(14)15(13)18/h1-4,8,11-12,14,16-17H,5-7H2. The van der Waals surface area contributed by atoms with Gasteiger partial charge in [0.1, 0.15) is 11.9 Å². The Morgan fingerprint density at radius 2 is 1.89 bits per heavy atom. The molecule has 1 aliphatic heterocycles. The number of hydrogen-bond acceptors (Lipinski definition) is 4. The largest absolute Gasteiger partial charge is 0.508 e. The molecule has 1 aromatic carbocycles. The van der Waals surface area contributed by atoms with E-state index in [0.717, 1.165) is 5.56 Å². The van der Waals surface area contributed by atoms with E-state index in [1.807, 2.05) is 0 Å². The molecule has 0 aromatic heterocycles. The summed E-state index contributed by atoms with van der Waals surface area (Å²) in [5.41, 5.74) is 1.31. The summed E-state index contributed by atoms with van der Waals surface area (Å²) in [6, 6.07) is 6.53. The summed E-state index contributed by atoms with van der Waals surface area (Å²) >= 11 is 0. The maximum Gasteiger partial charge on any atom is 0.173 e. The molecule has 1 fully saturated rings. The van der Waals surface area contributed by atoms with Crippen molar-refractivity contribution in [3.8, 4) is 5.75 Å². The first-order valence-electron chi connectivity index (χ1n) is 6.52. The van der Waals surface area contributed by atoms with Crippen LogP contribution in [-0.4, -0.2) is 28.2 Å². The highest BCUT2D eigenvalue weighted by molar-refractivity contribution is 6.22. The topological polar surface area (TPSA) is 66.8 Å². The van der Waals surface area contributed by atoms with E-state index in [1.54, 1.807) is 24.3 Å². The molecule has 0 saturated heterocycles. The number of aliphatic hydroxyl groups is 1. The first kappa shape index (κ1) is 12.2. The highest BCUT2D eigenvalue weighted by Crippen LogP contribution is 2.36. The molecule has 4 nitrogen and oxygen atoms in total. The lowest BCUT2D eigenvalue weighted by Crippen LogP contribution is -2.40. The van der Waals surface area contributed by atoms with E-state index in [9.17, 15) is 15.0 Å². The lowest BCUT2D eigenvalue weighted by atomic mass is 9.78. The van der Waals surface area contributed by atoms with Crippen molar-refractivity contribution in [2.75, 3.05) is 0 Å². The third-order valence-electron chi connectivity index (χ3n) is 3.91. The maximum absolute atomic E-state index is 12.5. The molecule has 0 radical (unpaired) electrons. The highest BCUT2D eigenvalue weighted by Gasteiger charge is 2.39. The quantitative estimate of drug-likeness (QED) is 0.809. The third-order valence-corrected chi connectivity index (χ3v) is 3.91. The first-order valence-corrected chi connectivity index (χ1v) is 6.52. The molecule has 3 unspecified atom stereocenters. The normalized spacial score (nSPS) is 30.3. The Balaban J connectivity index is 1.88. The Labute approximate surface area is 111 Å². The van der Waals surface area contributed by atoms with Gasteiger partial charge in [0.25, 0.3) is 0 Å². The SMILES string of the molecule is O=C1C(c2ccc(O)cc2)=COC2CC(O)CCC12. The minimum Gasteiger partial charge on any atom is -0.508 e. The van der Waals surface area contributed by atoms with Crippen LogP contribution in [0.15, 0.2) is 30.5 Å². The Morgan fingerprint density at radius 1 is 1.16 bits per heavy atom. The van der Waals surface area contributed by atoms with Crippen LogP contribution in [0, 0.1) is 5.92 Å². The predicted molar refractivity (Wildman–Crippen MR) is 69.3 cm³/mol. The smallest absolute Gasteiger partial charge is 0.173 e. The molecule has 0 amide bonds. The van der Waals surface area contributed by atoms with E-state index in [-0.39, 0.29) is 29.7 Å². The Morgan fingerprint density at radius 3 is 2.63 bits per heavy atom. The van der Waals surface area contributed by atoms with Crippen molar-refractivity contribution in [1.29, 1.82) is 0 Å². The van der Waals surface area contributed by atoms with Gasteiger partial charge in [-0.1, -0.05) is 12.1 Å². The van der Waals surface area contributed by atoms with Gasteiger partial charge in [0, 0.05) is 6.42 Å². The van der Waals surface area contributed by atoms with Crippen LogP contribution in [0.5, 0.6) is 5.75 Å². The number of phenols is 1. The second kappa shape index (κ2) is 4.70. The number of ether oxygens (including phenoxy) is 1. The molecule has 1 aromatic rings. The monoisotopic (exact) mass is 260 g/mol. The molecule has 4 heteroatoms. The van der Waals surface area contributed by atoms with Crippen molar-refractivity contribution in [3.63, 3.8) is 0 Å². The number of Topliss-reactive ketones (excluding diaryl/α,β-unsaturated/α-hetero) is 1. The van der Waals surface area contributed by atoms with Crippen LogP contribution in [0.1, 0.15) is 24.8 Å². The molecule has 0 bridgehead atoms. The summed E-state index contributed by atoms with van der Waals surface area (Å²) in [4.78, 5) is 12.5. The highest BCUT2D eigenvalue weighted by atomic mass is 16.5. The summed E-state index contributed by atoms with van der Waals surface area (Å²) in [6.07, 6.45) is 2.78. The molecule has 19 heavy (non-hydrogen) atoms. The van der Waals surface area contributed by atoms with Gasteiger partial charge < -0.3 is 14.9 Å². The van der Waals surface area contributed by atoms with E-state index in [4.69, 9.17) is 4.74 Å². The number of aromatic hydroxyl groups is 1. The van der Waals surface area contributed by atoms with Gasteiger partial charge >= 0.3 is 0 Å². The Kier molecular flexibility index (Phi) is 3.03. The van der Waals surface area contributed by atoms with Gasteiger partial charge in [-0.05, 0) is 30.5 Å². The van der Waals surface area contributed by atoms with Crippen LogP contribution in [0.3, 0.4) is 0 Å². The van der Waals surface area contributed by atoms with Crippen molar-refractivity contribution in [3.05, 3.63) is 36.1 Å². The zero-order chi connectivity index (χ0) is 13.4. The number of aliphatic hydroxyl groups excluding tert-OH is 1. The van der Waals surface area contributed by atoms with Crippen molar-refractivity contribution in [2.45, 2.75) is 31.5 Å². The lowest BCUT2D eigenvalue weighted by Gasteiger charge is -2.36. The first-order chi connectivity index (χ1) is 9.15. The van der Waals surface area contributed by atoms with Gasteiger partial charge in [-0.2, -0.15) is 0 Å². The van der Waals surface area contributed by atoms with Crippen molar-refractivity contribution in [1.82, 2.24) is 0 Å². The predicted octanol–water partition coefficient (Wildman–Crippen LogP) is 1.86. The molecule has 0 spiro atoms. The van der Waals surface area contributed by atoms with E-state index in [0.29, 0.717) is 24.8 Å². The number of carbonyl (C=O) groups excluding carboxylic acids is 1. The molecular weight excluding hydrogens is 244 g/mol. The molecule has 3 rings (SSSR count). The molecule has 1 aliphatic carbocycles. The summed E-state index contributed by atoms with van der Waals surface area (Å²) in [5, 5.41) is 18.9. The van der Waals surface area contributed by atoms with E-state index in [1.165, 1.54) is 6.26 Å². The molecular formula is C15H16O4. The summed E-state index contributed by atoms with van der Waals surface area (Å²) < 4.78 is 5.61. The Bertz CT molecular complexity index is 517. The number of allylic oxidation sites excluding steroid dienone is 1. The van der Waals surface area contributed by atoms with Crippen LogP contribution < -0.4 is 0 Å². The average Bonchev–Trinajstić information content (AvgIpc) is 2.40. The summed E-state index contributed by atoms with van der Waals surface area (Å²) in [6.45, 7) is 0. The van der Waals surface area contributed by atoms with Crippen molar-refractivity contribution in [2.24, 2.45) is 5.92 Å². The van der Waals surface area contributed by atoms with Crippen LogP contribution in [0.4, 0.5) is 0 Å². The van der Waals surface area contributed by atoms with Crippen molar-refractivity contribution >= 4 is 11.4 Å². The van der Waals surface area contributed by atoms with Gasteiger partial charge in [-0.3, -0.25) is 4.79 Å². The van der Waals surface area contributed by atoms with Crippen LogP contribution >= 0.6 is 0 Å². The fraction of sp³-hybridized carbons (Fsp3) is 0.400. The molecule has 3 atom stereocenters. The fourth-order valence-electron chi connectivity index (χ4n) is 2.82. The number of rotatable bonds is 1. The molecule has 2 N–H and O–H groups in total. The van der Waals surface area contributed by atoms with Crippen LogP contribution in [-0.2, 0) is 9.53 Å². The van der Waals surface area contributed by atoms with Crippen LogP contribution in [0.25, 0.3) is 5.57 Å². The van der Waals surface area contributed by atoms with Gasteiger partial charge in [0.05, 0.1) is 23.9 Å². The van der Waals surface area contributed by atoms with Gasteiger partial charge in [-0.15, -0.1) is 0 Å². The number of benzene rings is 1.